The minimum absolute atomic E-state index is 0.251. The van der Waals surface area contributed by atoms with Crippen molar-refractivity contribution in [3.63, 3.8) is 0 Å². The van der Waals surface area contributed by atoms with E-state index in [-0.39, 0.29) is 5.56 Å². The number of aromatic amines is 1. The molecule has 2 heterocycles. The Balaban J connectivity index is 2.28. The van der Waals surface area contributed by atoms with Crippen LogP contribution in [0.4, 0.5) is 17.2 Å². The van der Waals surface area contributed by atoms with Crippen LogP contribution in [-0.2, 0) is 0 Å². The summed E-state index contributed by atoms with van der Waals surface area (Å²) in [7, 11) is 4.04. The van der Waals surface area contributed by atoms with Crippen LogP contribution in [0.5, 0.6) is 0 Å². The molecule has 1 N–H and O–H groups in total. The molecule has 0 bridgehead atoms. The van der Waals surface area contributed by atoms with Crippen molar-refractivity contribution in [1.82, 2.24) is 14.9 Å². The zero-order valence-corrected chi connectivity index (χ0v) is 14.0. The molecule has 0 saturated carbocycles. The zero-order valence-electron chi connectivity index (χ0n) is 14.0. The standard InChI is InChI=1S/C17H21N5O/c1-10-8-13-14(9-11(10)2)22(7-6-21(4)5)16-15(20-13)17(23)19-12(3)18-16/h8-9H,3,6-7H2,1-2,4-5H3,(H,19,23). The van der Waals surface area contributed by atoms with Crippen LogP contribution in [0.1, 0.15) is 11.1 Å². The number of aryl methyl sites for hydroxylation is 2. The molecule has 6 nitrogen and oxygen atoms in total. The number of benzene rings is 1. The van der Waals surface area contributed by atoms with E-state index in [1.54, 1.807) is 0 Å². The number of H-pyrrole nitrogens is 1. The highest BCUT2D eigenvalue weighted by atomic mass is 16.1. The molecular weight excluding hydrogens is 290 g/mol. The molecule has 0 aliphatic carbocycles. The maximum Gasteiger partial charge on any atom is 0.279 e. The summed E-state index contributed by atoms with van der Waals surface area (Å²) in [5.74, 6) is 0.580. The Morgan fingerprint density at radius 2 is 1.96 bits per heavy atom. The van der Waals surface area contributed by atoms with Gasteiger partial charge in [0.15, 0.2) is 11.2 Å². The van der Waals surface area contributed by atoms with E-state index in [2.05, 4.69) is 44.3 Å². The van der Waals surface area contributed by atoms with Crippen molar-refractivity contribution < 1.29 is 0 Å². The zero-order chi connectivity index (χ0) is 16.7. The Hall–Kier alpha value is -2.47. The van der Waals surface area contributed by atoms with Crippen LogP contribution in [0.15, 0.2) is 21.9 Å². The molecule has 3 rings (SSSR count). The van der Waals surface area contributed by atoms with E-state index in [0.29, 0.717) is 16.7 Å². The first-order valence-corrected chi connectivity index (χ1v) is 7.58. The predicted octanol–water partition coefficient (Wildman–Crippen LogP) is 0.761. The number of hydrogen-bond donors (Lipinski definition) is 1. The normalized spacial score (nSPS) is 12.8. The molecule has 0 atom stereocenters. The van der Waals surface area contributed by atoms with Crippen molar-refractivity contribution in [1.29, 1.82) is 0 Å². The van der Waals surface area contributed by atoms with Gasteiger partial charge in [-0.25, -0.2) is 9.98 Å². The van der Waals surface area contributed by atoms with Gasteiger partial charge < -0.3 is 14.8 Å². The molecule has 1 aromatic carbocycles. The average Bonchev–Trinajstić information content (AvgIpc) is 2.46. The monoisotopic (exact) mass is 311 g/mol. The lowest BCUT2D eigenvalue weighted by Gasteiger charge is -2.29. The topological polar surface area (TPSA) is 64.6 Å². The number of anilines is 2. The molecular formula is C17H21N5O. The Bertz CT molecular complexity index is 929. The van der Waals surface area contributed by atoms with Gasteiger partial charge in [-0.2, -0.15) is 0 Å². The fourth-order valence-corrected chi connectivity index (χ4v) is 2.64. The van der Waals surface area contributed by atoms with E-state index < -0.39 is 0 Å². The van der Waals surface area contributed by atoms with Gasteiger partial charge in [0.25, 0.3) is 5.56 Å². The lowest BCUT2D eigenvalue weighted by atomic mass is 10.1. The van der Waals surface area contributed by atoms with Crippen LogP contribution in [-0.4, -0.2) is 42.1 Å². The lowest BCUT2D eigenvalue weighted by molar-refractivity contribution is 0.418. The third kappa shape index (κ3) is 2.77. The summed E-state index contributed by atoms with van der Waals surface area (Å²) >= 11 is 0. The van der Waals surface area contributed by atoms with Gasteiger partial charge in [-0.1, -0.05) is 6.58 Å². The highest BCUT2D eigenvalue weighted by Gasteiger charge is 2.23. The van der Waals surface area contributed by atoms with Gasteiger partial charge in [0.1, 0.15) is 5.48 Å². The van der Waals surface area contributed by atoms with E-state index in [1.165, 1.54) is 5.56 Å². The minimum atomic E-state index is -0.251. The number of aromatic nitrogens is 2. The van der Waals surface area contributed by atoms with Crippen molar-refractivity contribution in [2.24, 2.45) is 4.99 Å². The second-order valence-electron chi connectivity index (χ2n) is 6.18. The van der Waals surface area contributed by atoms with E-state index in [4.69, 9.17) is 0 Å². The van der Waals surface area contributed by atoms with Gasteiger partial charge in [0.2, 0.25) is 0 Å². The highest BCUT2D eigenvalue weighted by Crippen LogP contribution is 2.36. The van der Waals surface area contributed by atoms with E-state index in [1.807, 2.05) is 27.1 Å². The van der Waals surface area contributed by atoms with E-state index in [0.717, 1.165) is 30.0 Å². The van der Waals surface area contributed by atoms with Crippen molar-refractivity contribution in [3.05, 3.63) is 44.5 Å². The Labute approximate surface area is 134 Å². The largest absolute Gasteiger partial charge is 0.321 e. The van der Waals surface area contributed by atoms with Crippen LogP contribution in [0.3, 0.4) is 0 Å². The fourth-order valence-electron chi connectivity index (χ4n) is 2.64. The van der Waals surface area contributed by atoms with Gasteiger partial charge in [0, 0.05) is 13.1 Å². The maximum atomic E-state index is 12.3. The molecule has 2 aromatic rings. The molecule has 0 amide bonds. The maximum absolute atomic E-state index is 12.3. The van der Waals surface area contributed by atoms with Crippen molar-refractivity contribution in [2.75, 3.05) is 32.1 Å². The van der Waals surface area contributed by atoms with Crippen LogP contribution >= 0.6 is 0 Å². The van der Waals surface area contributed by atoms with Gasteiger partial charge in [-0.15, -0.1) is 0 Å². The SMILES string of the molecule is C=c1nc2c(c(=O)[nH]1)=Nc1cc(C)c(C)cc1N2CCN(C)C. The summed E-state index contributed by atoms with van der Waals surface area (Å²) in [5.41, 5.74) is 4.24. The molecule has 0 fully saturated rings. The molecule has 23 heavy (non-hydrogen) atoms. The van der Waals surface area contributed by atoms with Gasteiger partial charge in [-0.3, -0.25) is 4.79 Å². The number of fused-ring (bicyclic) bond motifs is 2. The van der Waals surface area contributed by atoms with Crippen molar-refractivity contribution in [2.45, 2.75) is 13.8 Å². The highest BCUT2D eigenvalue weighted by molar-refractivity contribution is 5.77. The molecule has 120 valence electrons. The number of rotatable bonds is 3. The quantitative estimate of drug-likeness (QED) is 0.909. The first kappa shape index (κ1) is 15.4. The molecule has 1 aliphatic rings. The smallest absolute Gasteiger partial charge is 0.279 e. The van der Waals surface area contributed by atoms with Gasteiger partial charge >= 0.3 is 0 Å². The average molecular weight is 311 g/mol. The van der Waals surface area contributed by atoms with Gasteiger partial charge in [-0.05, 0) is 51.2 Å². The first-order valence-electron chi connectivity index (χ1n) is 7.58. The predicted molar refractivity (Wildman–Crippen MR) is 92.3 cm³/mol. The number of nitrogens with one attached hydrogen (secondary N) is 1. The third-order valence-corrected chi connectivity index (χ3v) is 4.07. The van der Waals surface area contributed by atoms with Crippen LogP contribution in [0.2, 0.25) is 0 Å². The Morgan fingerprint density at radius 1 is 1.26 bits per heavy atom. The second-order valence-corrected chi connectivity index (χ2v) is 6.18. The molecule has 0 saturated heterocycles. The first-order chi connectivity index (χ1) is 10.9. The summed E-state index contributed by atoms with van der Waals surface area (Å²) < 4.78 is 0. The number of hydrogen-bond acceptors (Lipinski definition) is 5. The summed E-state index contributed by atoms with van der Waals surface area (Å²) in [6.45, 7) is 9.45. The van der Waals surface area contributed by atoms with Crippen LogP contribution < -0.4 is 21.3 Å². The summed E-state index contributed by atoms with van der Waals surface area (Å²) in [5, 5.41) is 0.354. The Morgan fingerprint density at radius 3 is 2.65 bits per heavy atom. The lowest BCUT2D eigenvalue weighted by Crippen LogP contribution is -2.43. The minimum Gasteiger partial charge on any atom is -0.321 e. The molecule has 1 aromatic heterocycles. The molecule has 1 aliphatic heterocycles. The van der Waals surface area contributed by atoms with Crippen molar-refractivity contribution in [3.8, 4) is 0 Å². The van der Waals surface area contributed by atoms with Crippen molar-refractivity contribution >= 4 is 23.8 Å². The molecule has 0 spiro atoms. The number of nitrogens with zero attached hydrogens (tertiary/aromatic N) is 4. The fraction of sp³-hybridized carbons (Fsp3) is 0.353. The Kier molecular flexibility index (Phi) is 3.77. The molecule has 0 radical (unpaired) electrons. The van der Waals surface area contributed by atoms with Crippen LogP contribution in [0, 0.1) is 13.8 Å². The third-order valence-electron chi connectivity index (χ3n) is 4.07. The van der Waals surface area contributed by atoms with Crippen LogP contribution in [0.25, 0.3) is 6.58 Å². The van der Waals surface area contributed by atoms with Gasteiger partial charge in [0.05, 0.1) is 11.4 Å². The van der Waals surface area contributed by atoms with E-state index >= 15 is 0 Å². The second kappa shape index (κ2) is 5.62. The summed E-state index contributed by atoms with van der Waals surface area (Å²) in [4.78, 5) is 28.0. The summed E-state index contributed by atoms with van der Waals surface area (Å²) in [6.07, 6.45) is 0. The number of likely N-dealkylation sites (N-methyl/N-ethyl adjacent to an activating group) is 1. The molecule has 0 unspecified atom stereocenters. The molecule has 6 heteroatoms. The summed E-state index contributed by atoms with van der Waals surface area (Å²) in [6, 6.07) is 4.13. The van der Waals surface area contributed by atoms with E-state index in [9.17, 15) is 4.79 Å².